The van der Waals surface area contributed by atoms with Crippen molar-refractivity contribution in [2.45, 2.75) is 12.5 Å². The molecule has 0 aromatic heterocycles. The Bertz CT molecular complexity index is 398. The lowest BCUT2D eigenvalue weighted by Crippen LogP contribution is -2.32. The second kappa shape index (κ2) is 4.98. The highest BCUT2D eigenvalue weighted by atomic mass is 16.5. The summed E-state index contributed by atoms with van der Waals surface area (Å²) in [5, 5.41) is 16.9. The molecule has 3 N–H and O–H groups in total. The van der Waals surface area contributed by atoms with Gasteiger partial charge in [0, 0.05) is 0 Å². The fourth-order valence-electron chi connectivity index (χ4n) is 1.13. The topological polar surface area (TPSA) is 96.3 Å². The van der Waals surface area contributed by atoms with Gasteiger partial charge in [-0.05, 0) is 24.1 Å². The Labute approximate surface area is 86.7 Å². The minimum atomic E-state index is -1.05. The first-order valence-electron chi connectivity index (χ1n) is 4.26. The molecule has 1 unspecified atom stereocenters. The van der Waals surface area contributed by atoms with E-state index in [0.717, 1.165) is 5.56 Å². The maximum Gasteiger partial charge on any atom is 0.320 e. The van der Waals surface area contributed by atoms with Crippen molar-refractivity contribution in [2.75, 3.05) is 0 Å². The minimum absolute atomic E-state index is 0.206. The number of hydrogen-bond donors (Lipinski definition) is 2. The number of aliphatic carboxylic acids is 1. The van der Waals surface area contributed by atoms with Crippen LogP contribution >= 0.6 is 0 Å². The first-order chi connectivity index (χ1) is 7.13. The molecule has 1 rings (SSSR count). The molecule has 0 heterocycles. The summed E-state index contributed by atoms with van der Waals surface area (Å²) in [6.45, 7) is 0. The van der Waals surface area contributed by atoms with Gasteiger partial charge in [0.1, 0.15) is 11.8 Å². The summed E-state index contributed by atoms with van der Waals surface area (Å²) in [5.41, 5.74) is 6.09. The Kier molecular flexibility index (Phi) is 3.66. The van der Waals surface area contributed by atoms with Crippen molar-refractivity contribution in [3.8, 4) is 12.0 Å². The predicted molar refractivity (Wildman–Crippen MR) is 52.0 cm³/mol. The number of benzene rings is 1. The summed E-state index contributed by atoms with van der Waals surface area (Å²) in [7, 11) is 0. The molecule has 0 saturated carbocycles. The van der Waals surface area contributed by atoms with Gasteiger partial charge in [0.25, 0.3) is 6.26 Å². The zero-order valence-electron chi connectivity index (χ0n) is 7.88. The highest BCUT2D eigenvalue weighted by Gasteiger charge is 2.12. The van der Waals surface area contributed by atoms with E-state index in [-0.39, 0.29) is 6.42 Å². The average molecular weight is 206 g/mol. The second-order valence-corrected chi connectivity index (χ2v) is 2.99. The number of carbonyl (C=O) groups is 1. The van der Waals surface area contributed by atoms with Crippen molar-refractivity contribution in [1.29, 1.82) is 5.26 Å². The number of carboxylic acids is 1. The van der Waals surface area contributed by atoms with Crippen LogP contribution in [-0.4, -0.2) is 17.1 Å². The lowest BCUT2D eigenvalue weighted by Gasteiger charge is -2.06. The van der Waals surface area contributed by atoms with Crippen molar-refractivity contribution < 1.29 is 14.6 Å². The fraction of sp³-hybridized carbons (Fsp3) is 0.200. The number of nitrogens with two attached hydrogens (primary N) is 1. The Balaban J connectivity index is 2.74. The molecule has 0 spiro atoms. The van der Waals surface area contributed by atoms with Crippen LogP contribution in [0.25, 0.3) is 0 Å². The lowest BCUT2D eigenvalue weighted by molar-refractivity contribution is -0.138. The van der Waals surface area contributed by atoms with Crippen LogP contribution in [0.3, 0.4) is 0 Å². The molecule has 5 heteroatoms. The van der Waals surface area contributed by atoms with Gasteiger partial charge in [-0.25, -0.2) is 0 Å². The third-order valence-electron chi connectivity index (χ3n) is 1.83. The summed E-state index contributed by atoms with van der Waals surface area (Å²) in [6, 6.07) is 5.66. The average Bonchev–Trinajstić information content (AvgIpc) is 2.18. The highest BCUT2D eigenvalue weighted by Crippen LogP contribution is 2.14. The van der Waals surface area contributed by atoms with Crippen LogP contribution in [0.2, 0.25) is 0 Å². The zero-order chi connectivity index (χ0) is 11.3. The number of nitrogens with zero attached hydrogens (tertiary/aromatic N) is 1. The Morgan fingerprint density at radius 2 is 2.40 bits per heavy atom. The number of rotatable bonds is 4. The van der Waals surface area contributed by atoms with Crippen molar-refractivity contribution in [2.24, 2.45) is 5.73 Å². The summed E-state index contributed by atoms with van der Waals surface area (Å²) in [5.74, 6) is -0.672. The van der Waals surface area contributed by atoms with Crippen molar-refractivity contribution in [1.82, 2.24) is 0 Å². The van der Waals surface area contributed by atoms with E-state index in [4.69, 9.17) is 16.1 Å². The summed E-state index contributed by atoms with van der Waals surface area (Å²) in [4.78, 5) is 10.5. The van der Waals surface area contributed by atoms with Gasteiger partial charge >= 0.3 is 5.97 Å². The molecule has 1 aromatic rings. The van der Waals surface area contributed by atoms with Gasteiger partial charge in [-0.2, -0.15) is 0 Å². The molecule has 0 aliphatic carbocycles. The molecule has 78 valence electrons. The van der Waals surface area contributed by atoms with Gasteiger partial charge in [-0.3, -0.25) is 4.79 Å². The smallest absolute Gasteiger partial charge is 0.320 e. The molecule has 0 bridgehead atoms. The monoisotopic (exact) mass is 206 g/mol. The first kappa shape index (κ1) is 11.0. The van der Waals surface area contributed by atoms with Crippen LogP contribution in [0.5, 0.6) is 5.75 Å². The van der Waals surface area contributed by atoms with E-state index in [1.54, 1.807) is 24.3 Å². The normalized spacial score (nSPS) is 11.5. The minimum Gasteiger partial charge on any atom is -0.480 e. The quantitative estimate of drug-likeness (QED) is 0.699. The van der Waals surface area contributed by atoms with Gasteiger partial charge in [-0.1, -0.05) is 12.1 Å². The number of ether oxygens (including phenoxy) is 1. The summed E-state index contributed by atoms with van der Waals surface area (Å²) >= 11 is 0. The molecular formula is C10H10N2O3. The van der Waals surface area contributed by atoms with Crippen LogP contribution in [0, 0.1) is 11.5 Å². The van der Waals surface area contributed by atoms with Crippen LogP contribution in [-0.2, 0) is 11.2 Å². The number of carboxylic acid groups (broad SMARTS) is 1. The van der Waals surface area contributed by atoms with Crippen LogP contribution in [0.4, 0.5) is 0 Å². The number of nitriles is 1. The summed E-state index contributed by atoms with van der Waals surface area (Å²) < 4.78 is 4.61. The van der Waals surface area contributed by atoms with E-state index in [1.807, 2.05) is 0 Å². The third kappa shape index (κ3) is 3.29. The van der Waals surface area contributed by atoms with Crippen LogP contribution in [0.1, 0.15) is 5.56 Å². The molecule has 0 amide bonds. The van der Waals surface area contributed by atoms with Crippen molar-refractivity contribution in [3.63, 3.8) is 0 Å². The molecule has 0 radical (unpaired) electrons. The molecular weight excluding hydrogens is 196 g/mol. The molecule has 1 aromatic carbocycles. The van der Waals surface area contributed by atoms with E-state index in [2.05, 4.69) is 4.74 Å². The highest BCUT2D eigenvalue weighted by molar-refractivity contribution is 5.73. The summed E-state index contributed by atoms with van der Waals surface area (Å²) in [6.07, 6.45) is 1.75. The van der Waals surface area contributed by atoms with Crippen LogP contribution in [0.15, 0.2) is 24.3 Å². The fourth-order valence-corrected chi connectivity index (χ4v) is 1.13. The zero-order valence-corrected chi connectivity index (χ0v) is 7.88. The lowest BCUT2D eigenvalue weighted by atomic mass is 10.1. The van der Waals surface area contributed by atoms with Gasteiger partial charge in [0.2, 0.25) is 0 Å². The van der Waals surface area contributed by atoms with Gasteiger partial charge < -0.3 is 15.6 Å². The van der Waals surface area contributed by atoms with Crippen LogP contribution < -0.4 is 10.5 Å². The van der Waals surface area contributed by atoms with E-state index in [0.29, 0.717) is 5.75 Å². The number of hydrogen-bond acceptors (Lipinski definition) is 4. The molecule has 0 aliphatic heterocycles. The third-order valence-corrected chi connectivity index (χ3v) is 1.83. The molecule has 0 fully saturated rings. The van der Waals surface area contributed by atoms with Gasteiger partial charge in [-0.15, -0.1) is 5.26 Å². The Hall–Kier alpha value is -2.06. The second-order valence-electron chi connectivity index (χ2n) is 2.99. The molecule has 0 aliphatic rings. The standard InChI is InChI=1S/C10H10N2O3/c11-6-15-8-3-1-2-7(4-8)5-9(12)10(13)14/h1-4,9H,5,12H2,(H,13,14). The van der Waals surface area contributed by atoms with E-state index >= 15 is 0 Å². The Morgan fingerprint density at radius 1 is 1.67 bits per heavy atom. The van der Waals surface area contributed by atoms with Crippen molar-refractivity contribution in [3.05, 3.63) is 29.8 Å². The maximum absolute atomic E-state index is 10.5. The van der Waals surface area contributed by atoms with E-state index < -0.39 is 12.0 Å². The van der Waals surface area contributed by atoms with Gasteiger partial charge in [0.15, 0.2) is 0 Å². The molecule has 5 nitrogen and oxygen atoms in total. The SMILES string of the molecule is N#COc1cccc(CC(N)C(=O)O)c1. The van der Waals surface area contributed by atoms with Crippen molar-refractivity contribution >= 4 is 5.97 Å². The molecule has 15 heavy (non-hydrogen) atoms. The van der Waals surface area contributed by atoms with Gasteiger partial charge in [0.05, 0.1) is 0 Å². The molecule has 1 atom stereocenters. The molecule has 0 saturated heterocycles. The van der Waals surface area contributed by atoms with E-state index in [1.165, 1.54) is 6.26 Å². The largest absolute Gasteiger partial charge is 0.480 e. The van der Waals surface area contributed by atoms with E-state index in [9.17, 15) is 4.79 Å². The maximum atomic E-state index is 10.5. The Morgan fingerprint density at radius 3 is 3.00 bits per heavy atom. The predicted octanol–water partition coefficient (Wildman–Crippen LogP) is 0.501. The first-order valence-corrected chi connectivity index (χ1v) is 4.26.